The topological polar surface area (TPSA) is 110 Å². The van der Waals surface area contributed by atoms with E-state index < -0.39 is 11.9 Å². The molecule has 7 nitrogen and oxygen atoms in total. The molecule has 1 unspecified atom stereocenters. The number of primary amides is 1. The predicted molar refractivity (Wildman–Crippen MR) is 74.4 cm³/mol. The van der Waals surface area contributed by atoms with Gasteiger partial charge in [-0.2, -0.15) is 0 Å². The molecule has 0 aromatic rings. The summed E-state index contributed by atoms with van der Waals surface area (Å²) in [7, 11) is 0. The molecule has 7 heteroatoms. The maximum Gasteiger partial charge on any atom is 0.240 e. The van der Waals surface area contributed by atoms with Gasteiger partial charge in [-0.1, -0.05) is 13.8 Å². The Balaban J connectivity index is 2.43. The summed E-state index contributed by atoms with van der Waals surface area (Å²) in [6, 6.07) is -0.884. The first-order valence-electron chi connectivity index (χ1n) is 6.91. The summed E-state index contributed by atoms with van der Waals surface area (Å²) in [5.74, 6) is -0.420. The highest BCUT2D eigenvalue weighted by Gasteiger charge is 2.27. The lowest BCUT2D eigenvalue weighted by atomic mass is 10.1. The molecule has 0 spiro atoms. The fourth-order valence-electron chi connectivity index (χ4n) is 2.19. The van der Waals surface area contributed by atoms with Crippen LogP contribution >= 0.6 is 0 Å². The number of carbonyl (C=O) groups is 3. The Morgan fingerprint density at radius 1 is 1.00 bits per heavy atom. The van der Waals surface area contributed by atoms with Gasteiger partial charge < -0.3 is 21.3 Å². The number of piperazine rings is 1. The van der Waals surface area contributed by atoms with Crippen molar-refractivity contribution in [3.8, 4) is 0 Å². The van der Waals surface area contributed by atoms with Gasteiger partial charge in [-0.25, -0.2) is 0 Å². The van der Waals surface area contributed by atoms with Crippen molar-refractivity contribution in [3.05, 3.63) is 0 Å². The molecule has 0 bridgehead atoms. The molecule has 0 aromatic heterocycles. The Hall–Kier alpha value is -1.63. The van der Waals surface area contributed by atoms with E-state index >= 15 is 0 Å². The first-order valence-corrected chi connectivity index (χ1v) is 6.91. The normalized spacial score (nSPS) is 17.2. The van der Waals surface area contributed by atoms with Gasteiger partial charge in [-0.15, -0.1) is 0 Å². The molecule has 4 N–H and O–H groups in total. The fourth-order valence-corrected chi connectivity index (χ4v) is 2.19. The number of hydrogen-bond donors (Lipinski definition) is 2. The Kier molecular flexibility index (Phi) is 5.94. The highest BCUT2D eigenvalue weighted by Crippen LogP contribution is 2.09. The number of nitrogens with two attached hydrogens (primary N) is 2. The molecule has 1 heterocycles. The van der Waals surface area contributed by atoms with Crippen LogP contribution in [-0.2, 0) is 14.4 Å². The Morgan fingerprint density at radius 2 is 1.50 bits per heavy atom. The monoisotopic (exact) mass is 284 g/mol. The molecule has 1 aliphatic rings. The summed E-state index contributed by atoms with van der Waals surface area (Å²) in [5, 5.41) is 0. The summed E-state index contributed by atoms with van der Waals surface area (Å²) in [4.78, 5) is 38.0. The van der Waals surface area contributed by atoms with E-state index in [0.717, 1.165) is 0 Å². The average molecular weight is 284 g/mol. The maximum atomic E-state index is 12.0. The van der Waals surface area contributed by atoms with Gasteiger partial charge >= 0.3 is 0 Å². The van der Waals surface area contributed by atoms with E-state index in [4.69, 9.17) is 11.5 Å². The molecule has 1 saturated heterocycles. The van der Waals surface area contributed by atoms with Crippen molar-refractivity contribution in [1.29, 1.82) is 0 Å². The van der Waals surface area contributed by atoms with Gasteiger partial charge in [0.25, 0.3) is 0 Å². The van der Waals surface area contributed by atoms with Crippen molar-refractivity contribution >= 4 is 17.7 Å². The molecule has 0 saturated carbocycles. The number of carbonyl (C=O) groups excluding carboxylic acids is 3. The average Bonchev–Trinajstić information content (AvgIpc) is 2.36. The van der Waals surface area contributed by atoms with E-state index in [9.17, 15) is 14.4 Å². The van der Waals surface area contributed by atoms with Crippen LogP contribution in [0, 0.1) is 5.92 Å². The van der Waals surface area contributed by atoms with Gasteiger partial charge in [-0.05, 0) is 5.92 Å². The predicted octanol–water partition coefficient (Wildman–Crippen LogP) is -1.09. The summed E-state index contributed by atoms with van der Waals surface area (Å²) < 4.78 is 0. The van der Waals surface area contributed by atoms with Crippen LogP contribution in [0.5, 0.6) is 0 Å². The first kappa shape index (κ1) is 16.4. The fraction of sp³-hybridized carbons (Fsp3) is 0.769. The van der Waals surface area contributed by atoms with Crippen molar-refractivity contribution in [1.82, 2.24) is 9.80 Å². The van der Waals surface area contributed by atoms with Gasteiger partial charge in [0.2, 0.25) is 17.7 Å². The number of amides is 3. The third-order valence-electron chi connectivity index (χ3n) is 3.27. The largest absolute Gasteiger partial charge is 0.370 e. The summed E-state index contributed by atoms with van der Waals surface area (Å²) in [6.07, 6.45) is 0.375. The number of nitrogens with zero attached hydrogens (tertiary/aromatic N) is 2. The first-order chi connectivity index (χ1) is 9.31. The van der Waals surface area contributed by atoms with E-state index in [1.807, 2.05) is 13.8 Å². The van der Waals surface area contributed by atoms with Crippen molar-refractivity contribution in [2.45, 2.75) is 32.7 Å². The van der Waals surface area contributed by atoms with Crippen LogP contribution in [0.1, 0.15) is 26.7 Å². The zero-order valence-corrected chi connectivity index (χ0v) is 12.2. The van der Waals surface area contributed by atoms with Gasteiger partial charge in [0.05, 0.1) is 12.5 Å². The minimum atomic E-state index is -0.884. The minimum Gasteiger partial charge on any atom is -0.370 e. The van der Waals surface area contributed by atoms with Crippen LogP contribution in [-0.4, -0.2) is 59.7 Å². The lowest BCUT2D eigenvalue weighted by Crippen LogP contribution is -2.54. The quantitative estimate of drug-likeness (QED) is 0.668. The lowest BCUT2D eigenvalue weighted by Gasteiger charge is -2.36. The molecule has 0 aromatic carbocycles. The van der Waals surface area contributed by atoms with Crippen molar-refractivity contribution in [3.63, 3.8) is 0 Å². The van der Waals surface area contributed by atoms with E-state index in [1.165, 1.54) is 0 Å². The lowest BCUT2D eigenvalue weighted by molar-refractivity contribution is -0.141. The second-order valence-corrected chi connectivity index (χ2v) is 5.58. The van der Waals surface area contributed by atoms with Crippen LogP contribution in [0.15, 0.2) is 0 Å². The van der Waals surface area contributed by atoms with Gasteiger partial charge in [-0.3, -0.25) is 14.4 Å². The van der Waals surface area contributed by atoms with Crippen LogP contribution in [0.25, 0.3) is 0 Å². The summed E-state index contributed by atoms with van der Waals surface area (Å²) >= 11 is 0. The van der Waals surface area contributed by atoms with Gasteiger partial charge in [0.15, 0.2) is 0 Å². The van der Waals surface area contributed by atoms with Crippen LogP contribution in [0.3, 0.4) is 0 Å². The van der Waals surface area contributed by atoms with Gasteiger partial charge in [0.1, 0.15) is 0 Å². The van der Waals surface area contributed by atoms with Crippen molar-refractivity contribution in [2.75, 3.05) is 26.2 Å². The molecule has 0 radical (unpaired) electrons. The molecule has 0 aliphatic carbocycles. The summed E-state index contributed by atoms with van der Waals surface area (Å²) in [5.41, 5.74) is 10.7. The minimum absolute atomic E-state index is 0.119. The third kappa shape index (κ3) is 4.80. The van der Waals surface area contributed by atoms with Crippen molar-refractivity contribution < 1.29 is 14.4 Å². The summed E-state index contributed by atoms with van der Waals surface area (Å²) in [6.45, 7) is 5.94. The molecule has 20 heavy (non-hydrogen) atoms. The smallest absolute Gasteiger partial charge is 0.240 e. The van der Waals surface area contributed by atoms with Crippen molar-refractivity contribution in [2.24, 2.45) is 17.4 Å². The van der Waals surface area contributed by atoms with Crippen LogP contribution in [0.4, 0.5) is 0 Å². The molecule has 3 amide bonds. The molecule has 1 atom stereocenters. The molecule has 1 fully saturated rings. The van der Waals surface area contributed by atoms with Crippen LogP contribution < -0.4 is 11.5 Å². The second-order valence-electron chi connectivity index (χ2n) is 5.58. The highest BCUT2D eigenvalue weighted by molar-refractivity contribution is 5.87. The zero-order valence-electron chi connectivity index (χ0n) is 12.2. The molecular weight excluding hydrogens is 260 g/mol. The molecule has 1 rings (SSSR count). The van der Waals surface area contributed by atoms with E-state index in [-0.39, 0.29) is 18.2 Å². The standard InChI is InChI=1S/C13H24N4O3/c1-9(2)7-12(19)16-3-5-17(6-4-16)13(20)10(14)8-11(15)18/h9-10H,3-8,14H2,1-2H3,(H2,15,18). The maximum absolute atomic E-state index is 12.0. The third-order valence-corrected chi connectivity index (χ3v) is 3.27. The number of hydrogen-bond acceptors (Lipinski definition) is 4. The van der Waals surface area contributed by atoms with E-state index in [1.54, 1.807) is 9.80 Å². The molecule has 1 aliphatic heterocycles. The Morgan fingerprint density at radius 3 is 1.95 bits per heavy atom. The number of rotatable bonds is 5. The van der Waals surface area contributed by atoms with Gasteiger partial charge in [0, 0.05) is 32.6 Å². The van der Waals surface area contributed by atoms with Crippen LogP contribution in [0.2, 0.25) is 0 Å². The zero-order chi connectivity index (χ0) is 15.3. The Labute approximate surface area is 119 Å². The van der Waals surface area contributed by atoms with E-state index in [2.05, 4.69) is 0 Å². The highest BCUT2D eigenvalue weighted by atomic mass is 16.2. The molecule has 114 valence electrons. The molecular formula is C13H24N4O3. The SMILES string of the molecule is CC(C)CC(=O)N1CCN(C(=O)C(N)CC(N)=O)CC1. The second kappa shape index (κ2) is 7.23. The van der Waals surface area contributed by atoms with E-state index in [0.29, 0.717) is 38.5 Å². The Bertz CT molecular complexity index is 376.